The number of aliphatic hydroxyl groups is 1. The van der Waals surface area contributed by atoms with Crippen LogP contribution in [-0.2, 0) is 0 Å². The molecule has 1 aliphatic carbocycles. The summed E-state index contributed by atoms with van der Waals surface area (Å²) in [5, 5.41) is 10.3. The van der Waals surface area contributed by atoms with E-state index in [1.807, 2.05) is 31.2 Å². The van der Waals surface area contributed by atoms with E-state index < -0.39 is 0 Å². The standard InChI is InChI=1S/C19H23N3O2/c1-12-8-18(21-19(20-12)13-6-7-13)22-11-15(23)10-17(22)14-4-3-5-16(9-14)24-2/h3-5,8-9,13,15,17,23H,6-7,10-11H2,1-2H3. The summed E-state index contributed by atoms with van der Waals surface area (Å²) in [5.41, 5.74) is 2.14. The quantitative estimate of drug-likeness (QED) is 0.936. The Labute approximate surface area is 142 Å². The zero-order chi connectivity index (χ0) is 16.7. The van der Waals surface area contributed by atoms with Crippen molar-refractivity contribution in [2.24, 2.45) is 0 Å². The Kier molecular flexibility index (Phi) is 3.88. The predicted molar refractivity (Wildman–Crippen MR) is 92.4 cm³/mol. The van der Waals surface area contributed by atoms with Gasteiger partial charge in [0.25, 0.3) is 0 Å². The summed E-state index contributed by atoms with van der Waals surface area (Å²) in [6.45, 7) is 2.62. The molecule has 2 heterocycles. The van der Waals surface area contributed by atoms with Crippen LogP contribution in [0.4, 0.5) is 5.82 Å². The lowest BCUT2D eigenvalue weighted by molar-refractivity contribution is 0.194. The molecular formula is C19H23N3O2. The van der Waals surface area contributed by atoms with Crippen LogP contribution in [-0.4, -0.2) is 34.8 Å². The van der Waals surface area contributed by atoms with Gasteiger partial charge in [0.15, 0.2) is 0 Å². The molecule has 0 radical (unpaired) electrons. The van der Waals surface area contributed by atoms with Gasteiger partial charge in [-0.1, -0.05) is 12.1 Å². The molecule has 1 aromatic carbocycles. The number of rotatable bonds is 4. The molecule has 1 aromatic heterocycles. The van der Waals surface area contributed by atoms with Gasteiger partial charge in [-0.25, -0.2) is 9.97 Å². The number of β-amino-alcohol motifs (C(OH)–C–C–N with tert-alkyl or cyclic N) is 1. The van der Waals surface area contributed by atoms with Gasteiger partial charge in [-0.2, -0.15) is 0 Å². The van der Waals surface area contributed by atoms with Crippen LogP contribution in [0.15, 0.2) is 30.3 Å². The van der Waals surface area contributed by atoms with Crippen LogP contribution in [0, 0.1) is 6.92 Å². The van der Waals surface area contributed by atoms with Gasteiger partial charge in [0.1, 0.15) is 17.4 Å². The van der Waals surface area contributed by atoms with Crippen molar-refractivity contribution in [2.75, 3.05) is 18.6 Å². The third-order valence-electron chi connectivity index (χ3n) is 4.85. The monoisotopic (exact) mass is 325 g/mol. The number of aliphatic hydroxyl groups excluding tert-OH is 1. The van der Waals surface area contributed by atoms with E-state index in [-0.39, 0.29) is 12.1 Å². The molecule has 1 saturated heterocycles. The molecule has 24 heavy (non-hydrogen) atoms. The van der Waals surface area contributed by atoms with Gasteiger partial charge < -0.3 is 14.7 Å². The normalized spacial score (nSPS) is 23.5. The van der Waals surface area contributed by atoms with Crippen LogP contribution in [0.1, 0.15) is 48.3 Å². The molecule has 5 nitrogen and oxygen atoms in total. The Hall–Kier alpha value is -2.14. The summed E-state index contributed by atoms with van der Waals surface area (Å²) in [7, 11) is 1.68. The number of aromatic nitrogens is 2. The first kappa shape index (κ1) is 15.4. The van der Waals surface area contributed by atoms with E-state index in [0.717, 1.165) is 28.6 Å². The van der Waals surface area contributed by atoms with E-state index in [0.29, 0.717) is 18.9 Å². The molecule has 2 unspecified atom stereocenters. The van der Waals surface area contributed by atoms with Crippen molar-refractivity contribution in [2.45, 2.75) is 44.2 Å². The second kappa shape index (κ2) is 6.06. The van der Waals surface area contributed by atoms with E-state index >= 15 is 0 Å². The lowest BCUT2D eigenvalue weighted by Gasteiger charge is -2.26. The summed E-state index contributed by atoms with van der Waals surface area (Å²) in [6.07, 6.45) is 2.73. The first-order valence-corrected chi connectivity index (χ1v) is 8.58. The number of nitrogens with zero attached hydrogens (tertiary/aromatic N) is 3. The summed E-state index contributed by atoms with van der Waals surface area (Å²) >= 11 is 0. The fraction of sp³-hybridized carbons (Fsp3) is 0.474. The van der Waals surface area contributed by atoms with E-state index in [1.54, 1.807) is 7.11 Å². The number of benzene rings is 1. The topological polar surface area (TPSA) is 58.5 Å². The Balaban J connectivity index is 1.70. The predicted octanol–water partition coefficient (Wildman–Crippen LogP) is 2.98. The van der Waals surface area contributed by atoms with Crippen LogP contribution < -0.4 is 9.64 Å². The molecule has 0 bridgehead atoms. The molecular weight excluding hydrogens is 302 g/mol. The van der Waals surface area contributed by atoms with Crippen molar-refractivity contribution >= 4 is 5.82 Å². The summed E-state index contributed by atoms with van der Waals surface area (Å²) in [5.74, 6) is 3.24. The molecule has 1 N–H and O–H groups in total. The van der Waals surface area contributed by atoms with Crippen molar-refractivity contribution in [3.05, 3.63) is 47.4 Å². The SMILES string of the molecule is COc1cccc(C2CC(O)CN2c2cc(C)nc(C3CC3)n2)c1. The lowest BCUT2D eigenvalue weighted by atomic mass is 10.0. The zero-order valence-electron chi connectivity index (χ0n) is 14.1. The highest BCUT2D eigenvalue weighted by atomic mass is 16.5. The van der Waals surface area contributed by atoms with Crippen LogP contribution >= 0.6 is 0 Å². The fourth-order valence-corrected chi connectivity index (χ4v) is 3.48. The molecule has 2 aliphatic rings. The molecule has 4 rings (SSSR count). The van der Waals surface area contributed by atoms with Crippen molar-refractivity contribution < 1.29 is 9.84 Å². The van der Waals surface area contributed by atoms with Crippen molar-refractivity contribution in [1.82, 2.24) is 9.97 Å². The van der Waals surface area contributed by atoms with Crippen molar-refractivity contribution in [3.63, 3.8) is 0 Å². The minimum Gasteiger partial charge on any atom is -0.497 e. The molecule has 1 aliphatic heterocycles. The minimum absolute atomic E-state index is 0.108. The average molecular weight is 325 g/mol. The Morgan fingerprint density at radius 2 is 2.04 bits per heavy atom. The highest BCUT2D eigenvalue weighted by Gasteiger charge is 2.34. The van der Waals surface area contributed by atoms with Gasteiger partial charge in [-0.05, 0) is 43.9 Å². The van der Waals surface area contributed by atoms with Crippen LogP contribution in [0.25, 0.3) is 0 Å². The maximum atomic E-state index is 10.3. The molecule has 2 aromatic rings. The molecule has 126 valence electrons. The van der Waals surface area contributed by atoms with E-state index in [9.17, 15) is 5.11 Å². The van der Waals surface area contributed by atoms with Crippen molar-refractivity contribution in [3.8, 4) is 5.75 Å². The van der Waals surface area contributed by atoms with E-state index in [4.69, 9.17) is 9.72 Å². The van der Waals surface area contributed by atoms with E-state index in [2.05, 4.69) is 16.0 Å². The van der Waals surface area contributed by atoms with Gasteiger partial charge in [0.2, 0.25) is 0 Å². The zero-order valence-corrected chi connectivity index (χ0v) is 14.1. The van der Waals surface area contributed by atoms with Crippen LogP contribution in [0.5, 0.6) is 5.75 Å². The van der Waals surface area contributed by atoms with Gasteiger partial charge in [0.05, 0.1) is 19.3 Å². The number of hydrogen-bond donors (Lipinski definition) is 1. The second-order valence-corrected chi connectivity index (χ2v) is 6.83. The largest absolute Gasteiger partial charge is 0.497 e. The maximum Gasteiger partial charge on any atom is 0.134 e. The molecule has 2 fully saturated rings. The second-order valence-electron chi connectivity index (χ2n) is 6.83. The summed E-state index contributed by atoms with van der Waals surface area (Å²) in [6, 6.07) is 10.2. The number of anilines is 1. The Bertz CT molecular complexity index is 745. The highest BCUT2D eigenvalue weighted by molar-refractivity contribution is 5.47. The highest BCUT2D eigenvalue weighted by Crippen LogP contribution is 2.41. The number of ether oxygens (including phenoxy) is 1. The first-order valence-electron chi connectivity index (χ1n) is 8.58. The maximum absolute atomic E-state index is 10.3. The third-order valence-corrected chi connectivity index (χ3v) is 4.85. The van der Waals surface area contributed by atoms with Gasteiger partial charge in [0, 0.05) is 24.2 Å². The van der Waals surface area contributed by atoms with Crippen molar-refractivity contribution in [1.29, 1.82) is 0 Å². The van der Waals surface area contributed by atoms with Gasteiger partial charge in [-0.3, -0.25) is 0 Å². The van der Waals surface area contributed by atoms with E-state index in [1.165, 1.54) is 12.8 Å². The van der Waals surface area contributed by atoms with Gasteiger partial charge in [-0.15, -0.1) is 0 Å². The molecule has 0 spiro atoms. The summed E-state index contributed by atoms with van der Waals surface area (Å²) in [4.78, 5) is 11.6. The smallest absolute Gasteiger partial charge is 0.134 e. The molecule has 2 atom stereocenters. The summed E-state index contributed by atoms with van der Waals surface area (Å²) < 4.78 is 5.35. The van der Waals surface area contributed by atoms with Crippen LogP contribution in [0.2, 0.25) is 0 Å². The Morgan fingerprint density at radius 1 is 1.21 bits per heavy atom. The average Bonchev–Trinajstić information content (AvgIpc) is 3.36. The number of aryl methyl sites for hydroxylation is 1. The number of methoxy groups -OCH3 is 1. The molecule has 1 saturated carbocycles. The fourth-order valence-electron chi connectivity index (χ4n) is 3.48. The minimum atomic E-state index is -0.346. The van der Waals surface area contributed by atoms with Gasteiger partial charge >= 0.3 is 0 Å². The molecule has 5 heteroatoms. The Morgan fingerprint density at radius 3 is 2.79 bits per heavy atom. The molecule has 0 amide bonds. The van der Waals surface area contributed by atoms with Crippen LogP contribution in [0.3, 0.4) is 0 Å². The third kappa shape index (κ3) is 2.96. The first-order chi connectivity index (χ1) is 11.6. The number of hydrogen-bond acceptors (Lipinski definition) is 5. The lowest BCUT2D eigenvalue weighted by Crippen LogP contribution is -2.26.